The molecule has 0 heterocycles. The van der Waals surface area contributed by atoms with Gasteiger partial charge in [-0.1, -0.05) is 154 Å². The molecule has 0 spiro atoms. The molecule has 0 aliphatic rings. The van der Waals surface area contributed by atoms with Crippen LogP contribution in [0.25, 0.3) is 0 Å². The van der Waals surface area contributed by atoms with Gasteiger partial charge in [0.2, 0.25) is 5.91 Å². The number of allylic oxidation sites excluding steroid dienone is 2. The Bertz CT molecular complexity index is 819. The second kappa shape index (κ2) is 33.1. The number of rotatable bonds is 37. The molecule has 292 valence electrons. The highest BCUT2D eigenvalue weighted by Gasteiger charge is 2.28. The van der Waals surface area contributed by atoms with Crippen LogP contribution in [0.15, 0.2) is 12.2 Å². The van der Waals surface area contributed by atoms with E-state index in [9.17, 15) is 19.4 Å². The molecular weight excluding hydrogens is 635 g/mol. The number of aliphatic hydroxyl groups is 1. The van der Waals surface area contributed by atoms with Gasteiger partial charge in [-0.15, -0.1) is 0 Å². The van der Waals surface area contributed by atoms with Crippen molar-refractivity contribution in [1.82, 2.24) is 5.32 Å². The van der Waals surface area contributed by atoms with Crippen LogP contribution < -0.4 is 5.32 Å². The van der Waals surface area contributed by atoms with Gasteiger partial charge in [0.05, 0.1) is 39.9 Å². The van der Waals surface area contributed by atoms with Crippen molar-refractivity contribution >= 4 is 13.7 Å². The van der Waals surface area contributed by atoms with E-state index in [1.54, 1.807) is 0 Å². The number of phosphoric acid groups is 1. The summed E-state index contributed by atoms with van der Waals surface area (Å²) in [6.45, 7) is 4.86. The van der Waals surface area contributed by atoms with E-state index in [4.69, 9.17) is 9.05 Å². The zero-order valence-electron chi connectivity index (χ0n) is 32.9. The molecule has 0 aromatic rings. The average Bonchev–Trinajstić information content (AvgIpc) is 3.04. The van der Waals surface area contributed by atoms with Crippen LogP contribution in [0.1, 0.15) is 187 Å². The van der Waals surface area contributed by atoms with E-state index >= 15 is 0 Å². The Morgan fingerprint density at radius 3 is 1.57 bits per heavy atom. The number of likely N-dealkylation sites (N-methyl/N-ethyl adjacent to an activating group) is 1. The van der Waals surface area contributed by atoms with Gasteiger partial charge in [-0.3, -0.25) is 13.8 Å². The molecule has 8 nitrogen and oxygen atoms in total. The van der Waals surface area contributed by atoms with Crippen LogP contribution in [0.3, 0.4) is 0 Å². The minimum absolute atomic E-state index is 0.0745. The number of phosphoric ester groups is 1. The van der Waals surface area contributed by atoms with E-state index in [0.717, 1.165) is 51.4 Å². The number of nitrogens with one attached hydrogen (secondary N) is 1. The molecule has 0 saturated carbocycles. The first-order valence-electron chi connectivity index (χ1n) is 20.6. The van der Waals surface area contributed by atoms with Crippen molar-refractivity contribution in [1.29, 1.82) is 0 Å². The summed E-state index contributed by atoms with van der Waals surface area (Å²) < 4.78 is 23.5. The minimum Gasteiger partial charge on any atom is -0.391 e. The number of aliphatic hydroxyl groups excluding tert-OH is 1. The second-order valence-electron chi connectivity index (χ2n) is 15.4. The van der Waals surface area contributed by atoms with Crippen LogP contribution in [0.2, 0.25) is 0 Å². The van der Waals surface area contributed by atoms with E-state index in [0.29, 0.717) is 23.9 Å². The van der Waals surface area contributed by atoms with Crippen molar-refractivity contribution in [3.63, 3.8) is 0 Å². The summed E-state index contributed by atoms with van der Waals surface area (Å²) in [6, 6.07) is -0.758. The maximum absolute atomic E-state index is 12.8. The third kappa shape index (κ3) is 35.4. The van der Waals surface area contributed by atoms with Crippen molar-refractivity contribution in [3.8, 4) is 0 Å². The molecule has 9 heteroatoms. The first-order valence-corrected chi connectivity index (χ1v) is 22.0. The maximum Gasteiger partial charge on any atom is 0.472 e. The van der Waals surface area contributed by atoms with Crippen LogP contribution in [0, 0.1) is 0 Å². The van der Waals surface area contributed by atoms with E-state index < -0.39 is 20.0 Å². The molecule has 0 aliphatic heterocycles. The predicted octanol–water partition coefficient (Wildman–Crippen LogP) is 10.8. The molecule has 0 fully saturated rings. The van der Waals surface area contributed by atoms with Gasteiger partial charge in [-0.25, -0.2) is 4.57 Å². The quantitative estimate of drug-likeness (QED) is 0.0256. The van der Waals surface area contributed by atoms with Crippen molar-refractivity contribution in [2.45, 2.75) is 199 Å². The van der Waals surface area contributed by atoms with Crippen LogP contribution >= 0.6 is 7.82 Å². The smallest absolute Gasteiger partial charge is 0.391 e. The molecule has 1 amide bonds. The number of nitrogens with zero attached hydrogens (tertiary/aromatic N) is 1. The van der Waals surface area contributed by atoms with Gasteiger partial charge in [0.15, 0.2) is 0 Å². The molecule has 0 bridgehead atoms. The minimum atomic E-state index is -4.30. The Labute approximate surface area is 303 Å². The number of carbonyl (C=O) groups is 1. The van der Waals surface area contributed by atoms with Crippen molar-refractivity contribution in [2.75, 3.05) is 40.9 Å². The fourth-order valence-corrected chi connectivity index (χ4v) is 6.66. The maximum atomic E-state index is 12.8. The summed E-state index contributed by atoms with van der Waals surface area (Å²) in [4.78, 5) is 23.0. The molecule has 0 rings (SSSR count). The molecule has 3 atom stereocenters. The van der Waals surface area contributed by atoms with Gasteiger partial charge >= 0.3 is 7.82 Å². The van der Waals surface area contributed by atoms with Crippen molar-refractivity contribution in [3.05, 3.63) is 12.2 Å². The van der Waals surface area contributed by atoms with Crippen LogP contribution in [0.5, 0.6) is 0 Å². The largest absolute Gasteiger partial charge is 0.472 e. The molecular formula is C40H82N2O6P+. The number of hydrogen-bond acceptors (Lipinski definition) is 5. The number of quaternary nitrogens is 1. The van der Waals surface area contributed by atoms with Gasteiger partial charge in [-0.2, -0.15) is 0 Å². The highest BCUT2D eigenvalue weighted by atomic mass is 31.2. The normalized spacial score (nSPS) is 14.7. The first kappa shape index (κ1) is 48.2. The third-order valence-corrected chi connectivity index (χ3v) is 10.2. The lowest BCUT2D eigenvalue weighted by molar-refractivity contribution is -0.870. The van der Waals surface area contributed by atoms with Gasteiger partial charge < -0.3 is 19.8 Å². The Morgan fingerprint density at radius 1 is 0.673 bits per heavy atom. The summed E-state index contributed by atoms with van der Waals surface area (Å²) in [7, 11) is 1.61. The van der Waals surface area contributed by atoms with Gasteiger partial charge in [0.25, 0.3) is 0 Å². The zero-order valence-corrected chi connectivity index (χ0v) is 33.8. The van der Waals surface area contributed by atoms with Crippen LogP contribution in [-0.4, -0.2) is 73.4 Å². The molecule has 0 aromatic carbocycles. The summed E-state index contributed by atoms with van der Waals surface area (Å²) in [6.07, 6.45) is 35.1. The van der Waals surface area contributed by atoms with E-state index in [1.807, 2.05) is 21.1 Å². The molecule has 49 heavy (non-hydrogen) atoms. The second-order valence-corrected chi connectivity index (χ2v) is 16.8. The average molecular weight is 718 g/mol. The molecule has 0 aromatic heterocycles. The van der Waals surface area contributed by atoms with Crippen molar-refractivity contribution < 1.29 is 32.9 Å². The van der Waals surface area contributed by atoms with Gasteiger partial charge in [0, 0.05) is 6.42 Å². The fourth-order valence-electron chi connectivity index (χ4n) is 5.92. The topological polar surface area (TPSA) is 105 Å². The fraction of sp³-hybridized carbons (Fsp3) is 0.925. The summed E-state index contributed by atoms with van der Waals surface area (Å²) in [5.74, 6) is -0.154. The summed E-state index contributed by atoms with van der Waals surface area (Å²) >= 11 is 0. The van der Waals surface area contributed by atoms with Crippen molar-refractivity contribution in [2.24, 2.45) is 0 Å². The molecule has 3 N–H and O–H groups in total. The number of unbranched alkanes of at least 4 members (excludes halogenated alkanes) is 22. The Morgan fingerprint density at radius 2 is 1.10 bits per heavy atom. The summed E-state index contributed by atoms with van der Waals surface area (Å²) in [5.41, 5.74) is 0. The Kier molecular flexibility index (Phi) is 32.6. The Balaban J connectivity index is 4.40. The Hall–Kier alpha value is -0.760. The number of amides is 1. The monoisotopic (exact) mass is 718 g/mol. The zero-order chi connectivity index (χ0) is 36.5. The lowest BCUT2D eigenvalue weighted by Crippen LogP contribution is -2.46. The predicted molar refractivity (Wildman–Crippen MR) is 208 cm³/mol. The number of hydrogen-bond donors (Lipinski definition) is 3. The van der Waals surface area contributed by atoms with Crippen LogP contribution in [-0.2, 0) is 18.4 Å². The van der Waals surface area contributed by atoms with Gasteiger partial charge in [0.1, 0.15) is 13.2 Å². The lowest BCUT2D eigenvalue weighted by atomic mass is 10.0. The highest BCUT2D eigenvalue weighted by molar-refractivity contribution is 7.47. The van der Waals surface area contributed by atoms with E-state index in [-0.39, 0.29) is 19.1 Å². The third-order valence-electron chi connectivity index (χ3n) is 9.26. The SMILES string of the molecule is CCCCCCCCC/C=C\CCCCCCCC(=O)NC(COP(=O)(O)OCC[N+](C)(C)C)C(O)CCCCCCCCCCCCC. The van der Waals surface area contributed by atoms with E-state index in [1.165, 1.54) is 109 Å². The van der Waals surface area contributed by atoms with Crippen LogP contribution in [0.4, 0.5) is 0 Å². The molecule has 0 saturated heterocycles. The highest BCUT2D eigenvalue weighted by Crippen LogP contribution is 2.43. The molecule has 3 unspecified atom stereocenters. The van der Waals surface area contributed by atoms with Gasteiger partial charge in [-0.05, 0) is 38.5 Å². The first-order chi connectivity index (χ1) is 23.5. The molecule has 0 radical (unpaired) electrons. The van der Waals surface area contributed by atoms with E-state index in [2.05, 4.69) is 31.3 Å². The molecule has 0 aliphatic carbocycles. The standard InChI is InChI=1S/C40H81N2O6P/c1-6-8-10-12-14-16-18-19-20-21-22-24-26-28-30-32-34-40(44)41-38(37-48-49(45,46)47-36-35-42(3,4)5)39(43)33-31-29-27-25-23-17-15-13-11-9-7-2/h20-21,38-39,43H,6-19,22-37H2,1-5H3,(H-,41,44,45,46)/p+1/b21-20-. The lowest BCUT2D eigenvalue weighted by Gasteiger charge is -2.26. The number of carbonyl (C=O) groups excluding carboxylic acids is 1. The summed E-state index contributed by atoms with van der Waals surface area (Å²) in [5, 5.41) is 13.9.